The van der Waals surface area contributed by atoms with Gasteiger partial charge in [0.1, 0.15) is 0 Å². The molecule has 1 aromatic carbocycles. The third-order valence-corrected chi connectivity index (χ3v) is 4.96. The maximum absolute atomic E-state index is 12.4. The van der Waals surface area contributed by atoms with E-state index in [1.807, 2.05) is 0 Å². The number of rotatable bonds is 7. The fraction of sp³-hybridized carbons (Fsp3) is 0.462. The molecule has 0 aliphatic carbocycles. The molecule has 0 bridgehead atoms. The number of carbonyl (C=O) groups excluding carboxylic acids is 1. The van der Waals surface area contributed by atoms with Crippen molar-refractivity contribution < 1.29 is 17.9 Å². The molecule has 0 unspecified atom stereocenters. The molecule has 0 fully saturated rings. The van der Waals surface area contributed by atoms with E-state index in [1.165, 1.54) is 20.2 Å². The molecule has 0 aliphatic rings. The van der Waals surface area contributed by atoms with Gasteiger partial charge >= 0.3 is 0 Å². The zero-order chi connectivity index (χ0) is 16.0. The first-order chi connectivity index (χ1) is 9.80. The second kappa shape index (κ2) is 7.39. The predicted molar refractivity (Wildman–Crippen MR) is 80.3 cm³/mol. The summed E-state index contributed by atoms with van der Waals surface area (Å²) in [4.78, 5) is 11.8. The molecule has 1 aromatic rings. The molecular weight excluding hydrogens is 294 g/mol. The number of benzene rings is 1. The monoisotopic (exact) mass is 315 g/mol. The number of anilines is 1. The van der Waals surface area contributed by atoms with Gasteiger partial charge in [-0.3, -0.25) is 4.79 Å². The van der Waals surface area contributed by atoms with Crippen molar-refractivity contribution >= 4 is 21.6 Å². The number of nitrogens with one attached hydrogen (secondary N) is 1. The fourth-order valence-electron chi connectivity index (χ4n) is 1.71. The van der Waals surface area contributed by atoms with Crippen LogP contribution in [0.2, 0.25) is 0 Å². The number of ether oxygens (including phenoxy) is 1. The minimum Gasteiger partial charge on any atom is -0.398 e. The van der Waals surface area contributed by atoms with Crippen LogP contribution in [0.3, 0.4) is 0 Å². The Morgan fingerprint density at radius 2 is 2.10 bits per heavy atom. The molecular formula is C13H21N3O4S. The summed E-state index contributed by atoms with van der Waals surface area (Å²) < 4.78 is 30.7. The van der Waals surface area contributed by atoms with Crippen molar-refractivity contribution in [2.75, 3.05) is 39.6 Å². The Morgan fingerprint density at radius 1 is 1.43 bits per heavy atom. The normalized spacial score (nSPS) is 11.6. The minimum absolute atomic E-state index is 0.106. The SMILES string of the molecule is COCCNC(=O)CN(C)S(=O)(=O)c1cccc(N)c1C. The van der Waals surface area contributed by atoms with Crippen molar-refractivity contribution in [1.29, 1.82) is 0 Å². The number of hydrogen-bond donors (Lipinski definition) is 2. The molecule has 0 saturated heterocycles. The topological polar surface area (TPSA) is 102 Å². The number of nitrogens with zero attached hydrogens (tertiary/aromatic N) is 1. The Kier molecular flexibility index (Phi) is 6.13. The molecule has 21 heavy (non-hydrogen) atoms. The van der Waals surface area contributed by atoms with E-state index in [-0.39, 0.29) is 17.3 Å². The summed E-state index contributed by atoms with van der Waals surface area (Å²) in [5.74, 6) is -0.389. The average Bonchev–Trinajstić information content (AvgIpc) is 2.41. The lowest BCUT2D eigenvalue weighted by molar-refractivity contribution is -0.121. The maximum atomic E-state index is 12.4. The van der Waals surface area contributed by atoms with Gasteiger partial charge in [-0.05, 0) is 24.6 Å². The number of nitrogens with two attached hydrogens (primary N) is 1. The molecule has 0 aromatic heterocycles. The van der Waals surface area contributed by atoms with Gasteiger partial charge in [-0.2, -0.15) is 4.31 Å². The lowest BCUT2D eigenvalue weighted by atomic mass is 10.2. The van der Waals surface area contributed by atoms with Gasteiger partial charge in [0.25, 0.3) is 0 Å². The first-order valence-corrected chi connectivity index (χ1v) is 7.81. The van der Waals surface area contributed by atoms with Crippen LogP contribution in [-0.2, 0) is 19.6 Å². The predicted octanol–water partition coefficient (Wildman–Crippen LogP) is -0.0397. The quantitative estimate of drug-likeness (QED) is 0.543. The molecule has 7 nitrogen and oxygen atoms in total. The number of methoxy groups -OCH3 is 1. The third kappa shape index (κ3) is 4.42. The molecule has 0 heterocycles. The van der Waals surface area contributed by atoms with Crippen LogP contribution in [0.5, 0.6) is 0 Å². The van der Waals surface area contributed by atoms with E-state index in [9.17, 15) is 13.2 Å². The van der Waals surface area contributed by atoms with Crippen LogP contribution in [-0.4, -0.2) is 52.5 Å². The number of amides is 1. The molecule has 1 rings (SSSR count). The lowest BCUT2D eigenvalue weighted by Crippen LogP contribution is -2.39. The first kappa shape index (κ1) is 17.4. The Balaban J connectivity index is 2.83. The number of sulfonamides is 1. The second-order valence-electron chi connectivity index (χ2n) is 4.57. The van der Waals surface area contributed by atoms with Crippen LogP contribution in [0.4, 0.5) is 5.69 Å². The minimum atomic E-state index is -3.76. The zero-order valence-electron chi connectivity index (χ0n) is 12.4. The van der Waals surface area contributed by atoms with Gasteiger partial charge in [0.15, 0.2) is 0 Å². The summed E-state index contributed by atoms with van der Waals surface area (Å²) in [6, 6.07) is 4.67. The smallest absolute Gasteiger partial charge is 0.243 e. The molecule has 3 N–H and O–H groups in total. The number of nitrogen functional groups attached to an aromatic ring is 1. The van der Waals surface area contributed by atoms with Crippen molar-refractivity contribution in [2.45, 2.75) is 11.8 Å². The van der Waals surface area contributed by atoms with Crippen molar-refractivity contribution in [2.24, 2.45) is 0 Å². The highest BCUT2D eigenvalue weighted by Crippen LogP contribution is 2.22. The van der Waals surface area contributed by atoms with Gasteiger partial charge in [-0.1, -0.05) is 6.07 Å². The highest BCUT2D eigenvalue weighted by atomic mass is 32.2. The highest BCUT2D eigenvalue weighted by Gasteiger charge is 2.25. The summed E-state index contributed by atoms with van der Waals surface area (Å²) in [5.41, 5.74) is 6.60. The van der Waals surface area contributed by atoms with Crippen LogP contribution in [0.15, 0.2) is 23.1 Å². The average molecular weight is 315 g/mol. The van der Waals surface area contributed by atoms with E-state index in [2.05, 4.69) is 5.32 Å². The molecule has 0 spiro atoms. The van der Waals surface area contributed by atoms with E-state index in [1.54, 1.807) is 19.1 Å². The molecule has 0 saturated carbocycles. The fourth-order valence-corrected chi connectivity index (χ4v) is 3.09. The van der Waals surface area contributed by atoms with Crippen LogP contribution >= 0.6 is 0 Å². The molecule has 0 atom stereocenters. The van der Waals surface area contributed by atoms with E-state index < -0.39 is 10.0 Å². The number of hydrogen-bond acceptors (Lipinski definition) is 5. The van der Waals surface area contributed by atoms with Crippen molar-refractivity contribution in [3.63, 3.8) is 0 Å². The molecule has 118 valence electrons. The molecule has 1 amide bonds. The van der Waals surface area contributed by atoms with E-state index >= 15 is 0 Å². The summed E-state index contributed by atoms with van der Waals surface area (Å²) in [7, 11) is -0.882. The third-order valence-electron chi connectivity index (χ3n) is 3.01. The number of carbonyl (C=O) groups is 1. The first-order valence-electron chi connectivity index (χ1n) is 6.37. The van der Waals surface area contributed by atoms with Crippen LogP contribution in [0.1, 0.15) is 5.56 Å². The number of likely N-dealkylation sites (N-methyl/N-ethyl adjacent to an activating group) is 1. The summed E-state index contributed by atoms with van der Waals surface area (Å²) in [6.45, 7) is 2.08. The van der Waals surface area contributed by atoms with Gasteiger partial charge < -0.3 is 15.8 Å². The second-order valence-corrected chi connectivity index (χ2v) is 6.59. The Labute approximate surface area is 125 Å². The van der Waals surface area contributed by atoms with Crippen LogP contribution in [0.25, 0.3) is 0 Å². The van der Waals surface area contributed by atoms with Gasteiger partial charge in [-0.15, -0.1) is 0 Å². The summed E-state index contributed by atoms with van der Waals surface area (Å²) in [5, 5.41) is 2.57. The Hall–Kier alpha value is -1.64. The van der Waals surface area contributed by atoms with Crippen molar-refractivity contribution in [1.82, 2.24) is 9.62 Å². The lowest BCUT2D eigenvalue weighted by Gasteiger charge is -2.18. The summed E-state index contributed by atoms with van der Waals surface area (Å²) in [6.07, 6.45) is 0. The van der Waals surface area contributed by atoms with Gasteiger partial charge in [-0.25, -0.2) is 8.42 Å². The van der Waals surface area contributed by atoms with Gasteiger partial charge in [0.2, 0.25) is 15.9 Å². The van der Waals surface area contributed by atoms with E-state index in [0.29, 0.717) is 24.4 Å². The van der Waals surface area contributed by atoms with Gasteiger partial charge in [0, 0.05) is 26.4 Å². The van der Waals surface area contributed by atoms with Gasteiger partial charge in [0.05, 0.1) is 18.0 Å². The van der Waals surface area contributed by atoms with Crippen LogP contribution < -0.4 is 11.1 Å². The van der Waals surface area contributed by atoms with Crippen LogP contribution in [0, 0.1) is 6.92 Å². The highest BCUT2D eigenvalue weighted by molar-refractivity contribution is 7.89. The Morgan fingerprint density at radius 3 is 2.71 bits per heavy atom. The standard InChI is InChI=1S/C13H21N3O4S/c1-10-11(14)5-4-6-12(10)21(18,19)16(2)9-13(17)15-7-8-20-3/h4-6H,7-9,14H2,1-3H3,(H,15,17). The van der Waals surface area contributed by atoms with E-state index in [4.69, 9.17) is 10.5 Å². The maximum Gasteiger partial charge on any atom is 0.243 e. The molecule has 0 aliphatic heterocycles. The summed E-state index contributed by atoms with van der Waals surface area (Å²) >= 11 is 0. The molecule has 8 heteroatoms. The van der Waals surface area contributed by atoms with E-state index in [0.717, 1.165) is 4.31 Å². The van der Waals surface area contributed by atoms with Crippen molar-refractivity contribution in [3.05, 3.63) is 23.8 Å². The zero-order valence-corrected chi connectivity index (χ0v) is 13.2. The van der Waals surface area contributed by atoms with Crippen molar-refractivity contribution in [3.8, 4) is 0 Å². The molecule has 0 radical (unpaired) electrons. The Bertz CT molecular complexity index is 601. The largest absolute Gasteiger partial charge is 0.398 e.